The van der Waals surface area contributed by atoms with Crippen molar-refractivity contribution in [2.45, 2.75) is 21.9 Å². The van der Waals surface area contributed by atoms with Crippen LogP contribution in [0, 0.1) is 0 Å². The predicted molar refractivity (Wildman–Crippen MR) is 76.8 cm³/mol. The molecule has 3 heteroatoms. The summed E-state index contributed by atoms with van der Waals surface area (Å²) in [7, 11) is -0.954. The fraction of sp³-hybridized carbons (Fsp3) is 0.200. The zero-order valence-corrected chi connectivity index (χ0v) is 12.7. The SMILES string of the molecule is C[C@@]1(c2ccccc2)C[Se]c2ccccc2[S@@]1=O. The van der Waals surface area contributed by atoms with Crippen molar-refractivity contribution in [2.24, 2.45) is 0 Å². The summed E-state index contributed by atoms with van der Waals surface area (Å²) in [5.74, 6) is 0. The molecule has 0 spiro atoms. The van der Waals surface area contributed by atoms with E-state index in [2.05, 4.69) is 25.1 Å². The van der Waals surface area contributed by atoms with Crippen molar-refractivity contribution in [3.8, 4) is 0 Å². The molecule has 0 bridgehead atoms. The normalized spacial score (nSPS) is 26.6. The maximum atomic E-state index is 12.9. The number of hydrogen-bond acceptors (Lipinski definition) is 1. The van der Waals surface area contributed by atoms with E-state index in [1.807, 2.05) is 36.4 Å². The van der Waals surface area contributed by atoms with Crippen LogP contribution in [0.25, 0.3) is 0 Å². The number of hydrogen-bond donors (Lipinski definition) is 0. The van der Waals surface area contributed by atoms with Gasteiger partial charge in [0.05, 0.1) is 0 Å². The van der Waals surface area contributed by atoms with Gasteiger partial charge >= 0.3 is 116 Å². The molecule has 0 amide bonds. The van der Waals surface area contributed by atoms with Crippen LogP contribution in [0.2, 0.25) is 5.32 Å². The molecular weight excluding hydrogens is 307 g/mol. The number of benzene rings is 2. The van der Waals surface area contributed by atoms with E-state index in [0.717, 1.165) is 10.2 Å². The van der Waals surface area contributed by atoms with Gasteiger partial charge in [0.15, 0.2) is 0 Å². The minimum atomic E-state index is -0.954. The quantitative estimate of drug-likeness (QED) is 0.738. The van der Waals surface area contributed by atoms with Crippen molar-refractivity contribution < 1.29 is 4.21 Å². The molecule has 2 atom stereocenters. The second-order valence-corrected chi connectivity index (χ2v) is 8.61. The van der Waals surface area contributed by atoms with Gasteiger partial charge < -0.3 is 0 Å². The van der Waals surface area contributed by atoms with Gasteiger partial charge in [-0.3, -0.25) is 0 Å². The standard InChI is InChI=1S/C15H14OSSe/c1-15(12-7-3-2-4-8-12)11-18-14-10-6-5-9-13(14)17(15)16/h2-10H,11H2,1H3/t15-,17-/m0/s1. The third-order valence-corrected chi connectivity index (χ3v) is 8.92. The molecule has 0 aliphatic carbocycles. The van der Waals surface area contributed by atoms with Crippen LogP contribution in [0.5, 0.6) is 0 Å². The van der Waals surface area contributed by atoms with Crippen LogP contribution < -0.4 is 4.46 Å². The van der Waals surface area contributed by atoms with Crippen molar-refractivity contribution in [2.75, 3.05) is 0 Å². The van der Waals surface area contributed by atoms with E-state index >= 15 is 0 Å². The Labute approximate surface area is 116 Å². The summed E-state index contributed by atoms with van der Waals surface area (Å²) in [6.45, 7) is 2.14. The van der Waals surface area contributed by atoms with E-state index < -0.39 is 10.8 Å². The first-order chi connectivity index (χ1) is 8.72. The van der Waals surface area contributed by atoms with Gasteiger partial charge in [0.1, 0.15) is 0 Å². The Morgan fingerprint density at radius 3 is 2.50 bits per heavy atom. The Morgan fingerprint density at radius 1 is 1.06 bits per heavy atom. The van der Waals surface area contributed by atoms with Crippen molar-refractivity contribution in [1.29, 1.82) is 0 Å². The fourth-order valence-electron chi connectivity index (χ4n) is 2.22. The van der Waals surface area contributed by atoms with Crippen LogP contribution in [0.4, 0.5) is 0 Å². The summed E-state index contributed by atoms with van der Waals surface area (Å²) in [6, 6.07) is 18.5. The summed E-state index contributed by atoms with van der Waals surface area (Å²) in [6.07, 6.45) is 0. The summed E-state index contributed by atoms with van der Waals surface area (Å²) < 4.78 is 13.9. The van der Waals surface area contributed by atoms with Gasteiger partial charge in [-0.2, -0.15) is 0 Å². The first-order valence-corrected chi connectivity index (χ1v) is 9.13. The molecule has 1 nitrogen and oxygen atoms in total. The molecule has 0 saturated heterocycles. The fourth-order valence-corrected chi connectivity index (χ4v) is 7.44. The first kappa shape index (κ1) is 12.2. The van der Waals surface area contributed by atoms with Crippen molar-refractivity contribution >= 4 is 30.2 Å². The summed E-state index contributed by atoms with van der Waals surface area (Å²) in [5.41, 5.74) is 1.19. The molecule has 1 aliphatic heterocycles. The monoisotopic (exact) mass is 322 g/mol. The average molecular weight is 321 g/mol. The van der Waals surface area contributed by atoms with Crippen molar-refractivity contribution in [1.82, 2.24) is 0 Å². The molecule has 0 radical (unpaired) electrons. The molecule has 0 fully saturated rings. The van der Waals surface area contributed by atoms with E-state index in [1.165, 1.54) is 10.0 Å². The van der Waals surface area contributed by atoms with E-state index in [1.54, 1.807) is 0 Å². The third-order valence-electron chi connectivity index (χ3n) is 3.35. The molecule has 1 heterocycles. The van der Waals surface area contributed by atoms with Crippen LogP contribution in [-0.4, -0.2) is 19.2 Å². The molecule has 3 rings (SSSR count). The van der Waals surface area contributed by atoms with Crippen molar-refractivity contribution in [3.63, 3.8) is 0 Å². The van der Waals surface area contributed by atoms with Gasteiger partial charge in [-0.1, -0.05) is 0 Å². The predicted octanol–water partition coefficient (Wildman–Crippen LogP) is 2.47. The number of rotatable bonds is 1. The van der Waals surface area contributed by atoms with Gasteiger partial charge in [0.25, 0.3) is 0 Å². The molecule has 0 N–H and O–H groups in total. The first-order valence-electron chi connectivity index (χ1n) is 5.91. The Morgan fingerprint density at radius 2 is 1.72 bits per heavy atom. The molecule has 92 valence electrons. The Kier molecular flexibility index (Phi) is 3.14. The molecule has 2 aromatic carbocycles. The van der Waals surface area contributed by atoms with Gasteiger partial charge in [0.2, 0.25) is 0 Å². The van der Waals surface area contributed by atoms with Gasteiger partial charge in [-0.05, 0) is 0 Å². The van der Waals surface area contributed by atoms with E-state index in [9.17, 15) is 4.21 Å². The zero-order chi connectivity index (χ0) is 12.6. The second kappa shape index (κ2) is 4.65. The van der Waals surface area contributed by atoms with Crippen LogP contribution in [0.1, 0.15) is 12.5 Å². The van der Waals surface area contributed by atoms with Crippen LogP contribution in [-0.2, 0) is 15.5 Å². The molecule has 2 aromatic rings. The van der Waals surface area contributed by atoms with Crippen LogP contribution in [0.15, 0.2) is 59.5 Å². The topological polar surface area (TPSA) is 17.1 Å². The molecule has 0 saturated carbocycles. The number of fused-ring (bicyclic) bond motifs is 1. The van der Waals surface area contributed by atoms with Crippen LogP contribution >= 0.6 is 0 Å². The molecule has 18 heavy (non-hydrogen) atoms. The second-order valence-electron chi connectivity index (χ2n) is 4.60. The third kappa shape index (κ3) is 1.87. The van der Waals surface area contributed by atoms with Gasteiger partial charge in [0, 0.05) is 0 Å². The van der Waals surface area contributed by atoms with Gasteiger partial charge in [-0.15, -0.1) is 0 Å². The van der Waals surface area contributed by atoms with Crippen molar-refractivity contribution in [3.05, 3.63) is 60.2 Å². The Bertz CT molecular complexity index is 596. The zero-order valence-electron chi connectivity index (χ0n) is 10.1. The van der Waals surface area contributed by atoms with Gasteiger partial charge in [-0.25, -0.2) is 0 Å². The maximum absolute atomic E-state index is 12.9. The van der Waals surface area contributed by atoms with E-state index in [-0.39, 0.29) is 4.75 Å². The molecule has 1 aliphatic rings. The Hall–Kier alpha value is -0.891. The summed E-state index contributed by atoms with van der Waals surface area (Å²) >= 11 is 0.412. The van der Waals surface area contributed by atoms with E-state index in [0.29, 0.717) is 15.0 Å². The molecule has 0 aromatic heterocycles. The molecular formula is C15H14OSSe. The summed E-state index contributed by atoms with van der Waals surface area (Å²) in [5, 5.41) is 1.01. The summed E-state index contributed by atoms with van der Waals surface area (Å²) in [4.78, 5) is 1.04. The van der Waals surface area contributed by atoms with Crippen LogP contribution in [0.3, 0.4) is 0 Å². The van der Waals surface area contributed by atoms with E-state index in [4.69, 9.17) is 0 Å². The minimum absolute atomic E-state index is 0.227. The average Bonchev–Trinajstić information content (AvgIpc) is 2.44. The Balaban J connectivity index is 2.10. The molecule has 0 unspecified atom stereocenters.